The molecular formula is C20H29N3O3. The number of hydrogen-bond donors (Lipinski definition) is 2. The lowest BCUT2D eigenvalue weighted by Crippen LogP contribution is -2.53. The van der Waals surface area contributed by atoms with E-state index in [-0.39, 0.29) is 23.8 Å². The fourth-order valence-corrected chi connectivity index (χ4v) is 3.82. The lowest BCUT2D eigenvalue weighted by molar-refractivity contribution is -0.135. The molecule has 6 nitrogen and oxygen atoms in total. The highest BCUT2D eigenvalue weighted by molar-refractivity contribution is 5.95. The van der Waals surface area contributed by atoms with E-state index in [0.29, 0.717) is 31.9 Å². The second-order valence-corrected chi connectivity index (χ2v) is 7.36. The summed E-state index contributed by atoms with van der Waals surface area (Å²) in [6.45, 7) is 4.62. The summed E-state index contributed by atoms with van der Waals surface area (Å²) in [6, 6.07) is 7.26. The predicted molar refractivity (Wildman–Crippen MR) is 99.8 cm³/mol. The predicted octanol–water partition coefficient (Wildman–Crippen LogP) is 1.47. The van der Waals surface area contributed by atoms with E-state index < -0.39 is 6.04 Å². The molecule has 2 aliphatic heterocycles. The monoisotopic (exact) mass is 359 g/mol. The Kier molecular flexibility index (Phi) is 6.27. The molecular weight excluding hydrogens is 330 g/mol. The van der Waals surface area contributed by atoms with E-state index in [0.717, 1.165) is 31.2 Å². The third-order valence-corrected chi connectivity index (χ3v) is 5.59. The lowest BCUT2D eigenvalue weighted by Gasteiger charge is -2.36. The SMILES string of the molecule is Cc1ccccc1C(=O)NC1CCN(C(=O)C(N)C2CCOCC2)CC1. The van der Waals surface area contributed by atoms with Gasteiger partial charge in [0, 0.05) is 37.9 Å². The minimum Gasteiger partial charge on any atom is -0.381 e. The molecule has 0 radical (unpaired) electrons. The van der Waals surface area contributed by atoms with Crippen LogP contribution >= 0.6 is 0 Å². The number of nitrogens with two attached hydrogens (primary N) is 1. The molecule has 1 atom stereocenters. The first kappa shape index (κ1) is 18.9. The minimum absolute atomic E-state index is 0.0354. The van der Waals surface area contributed by atoms with Gasteiger partial charge in [0.15, 0.2) is 0 Å². The van der Waals surface area contributed by atoms with Crippen LogP contribution < -0.4 is 11.1 Å². The van der Waals surface area contributed by atoms with Crippen LogP contribution in [-0.2, 0) is 9.53 Å². The Hall–Kier alpha value is -1.92. The quantitative estimate of drug-likeness (QED) is 0.853. The van der Waals surface area contributed by atoms with Gasteiger partial charge in [-0.3, -0.25) is 9.59 Å². The number of likely N-dealkylation sites (tertiary alicyclic amines) is 1. The third kappa shape index (κ3) is 4.43. The summed E-state index contributed by atoms with van der Waals surface area (Å²) >= 11 is 0. The van der Waals surface area contributed by atoms with Crippen molar-refractivity contribution in [2.24, 2.45) is 11.7 Å². The minimum atomic E-state index is -0.433. The molecule has 0 aliphatic carbocycles. The van der Waals surface area contributed by atoms with Crippen LogP contribution in [0.25, 0.3) is 0 Å². The van der Waals surface area contributed by atoms with Gasteiger partial charge in [0.1, 0.15) is 0 Å². The zero-order valence-electron chi connectivity index (χ0n) is 15.4. The molecule has 3 rings (SSSR count). The van der Waals surface area contributed by atoms with Crippen molar-refractivity contribution in [1.29, 1.82) is 0 Å². The largest absolute Gasteiger partial charge is 0.381 e. The van der Waals surface area contributed by atoms with Crippen LogP contribution in [0.2, 0.25) is 0 Å². The molecule has 2 heterocycles. The molecule has 2 aliphatic rings. The average Bonchev–Trinajstić information content (AvgIpc) is 2.68. The van der Waals surface area contributed by atoms with E-state index in [2.05, 4.69) is 5.32 Å². The number of amides is 2. The first-order valence-electron chi connectivity index (χ1n) is 9.55. The smallest absolute Gasteiger partial charge is 0.251 e. The third-order valence-electron chi connectivity index (χ3n) is 5.59. The molecule has 142 valence electrons. The molecule has 3 N–H and O–H groups in total. The summed E-state index contributed by atoms with van der Waals surface area (Å²) in [5.41, 5.74) is 7.90. The highest BCUT2D eigenvalue weighted by atomic mass is 16.5. The molecule has 2 fully saturated rings. The summed E-state index contributed by atoms with van der Waals surface area (Å²) in [6.07, 6.45) is 3.25. The Morgan fingerprint density at radius 3 is 2.46 bits per heavy atom. The van der Waals surface area contributed by atoms with Crippen molar-refractivity contribution in [2.45, 2.75) is 44.7 Å². The van der Waals surface area contributed by atoms with Crippen molar-refractivity contribution < 1.29 is 14.3 Å². The topological polar surface area (TPSA) is 84.7 Å². The van der Waals surface area contributed by atoms with Crippen LogP contribution in [0.5, 0.6) is 0 Å². The number of ether oxygens (including phenoxy) is 1. The van der Waals surface area contributed by atoms with Gasteiger partial charge in [0.2, 0.25) is 5.91 Å². The van der Waals surface area contributed by atoms with Crippen LogP contribution in [0, 0.1) is 12.8 Å². The fourth-order valence-electron chi connectivity index (χ4n) is 3.82. The Bertz CT molecular complexity index is 635. The van der Waals surface area contributed by atoms with Gasteiger partial charge < -0.3 is 20.7 Å². The number of hydrogen-bond acceptors (Lipinski definition) is 4. The lowest BCUT2D eigenvalue weighted by atomic mass is 9.91. The molecule has 1 aromatic carbocycles. The molecule has 2 saturated heterocycles. The van der Waals surface area contributed by atoms with Crippen molar-refractivity contribution in [1.82, 2.24) is 10.2 Å². The Labute approximate surface area is 155 Å². The zero-order valence-corrected chi connectivity index (χ0v) is 15.4. The van der Waals surface area contributed by atoms with E-state index in [1.807, 2.05) is 36.1 Å². The highest BCUT2D eigenvalue weighted by Crippen LogP contribution is 2.21. The Balaban J connectivity index is 1.48. The standard InChI is InChI=1S/C20H29N3O3/c1-14-4-2-3-5-17(14)19(24)22-16-6-10-23(11-7-16)20(25)18(21)15-8-12-26-13-9-15/h2-5,15-16,18H,6-13,21H2,1H3,(H,22,24). The number of carbonyl (C=O) groups excluding carboxylic acids is 2. The first-order valence-corrected chi connectivity index (χ1v) is 9.55. The van der Waals surface area contributed by atoms with Crippen LogP contribution in [0.3, 0.4) is 0 Å². The van der Waals surface area contributed by atoms with Gasteiger partial charge >= 0.3 is 0 Å². The number of benzene rings is 1. The van der Waals surface area contributed by atoms with Crippen LogP contribution in [-0.4, -0.2) is 55.1 Å². The van der Waals surface area contributed by atoms with E-state index in [1.54, 1.807) is 0 Å². The molecule has 6 heteroatoms. The molecule has 1 unspecified atom stereocenters. The Morgan fingerprint density at radius 1 is 1.15 bits per heavy atom. The molecule has 1 aromatic rings. The van der Waals surface area contributed by atoms with Gasteiger partial charge in [-0.2, -0.15) is 0 Å². The molecule has 26 heavy (non-hydrogen) atoms. The van der Waals surface area contributed by atoms with E-state index >= 15 is 0 Å². The van der Waals surface area contributed by atoms with Gasteiger partial charge in [-0.25, -0.2) is 0 Å². The van der Waals surface area contributed by atoms with E-state index in [1.165, 1.54) is 0 Å². The maximum atomic E-state index is 12.7. The number of nitrogens with zero attached hydrogens (tertiary/aromatic N) is 1. The molecule has 0 aromatic heterocycles. The number of rotatable bonds is 4. The normalized spacial score (nSPS) is 20.6. The van der Waals surface area contributed by atoms with Crippen LogP contribution in [0.4, 0.5) is 0 Å². The van der Waals surface area contributed by atoms with E-state index in [9.17, 15) is 9.59 Å². The second-order valence-electron chi connectivity index (χ2n) is 7.36. The second kappa shape index (κ2) is 8.64. The summed E-state index contributed by atoms with van der Waals surface area (Å²) in [7, 11) is 0. The highest BCUT2D eigenvalue weighted by Gasteiger charge is 2.32. The summed E-state index contributed by atoms with van der Waals surface area (Å²) < 4.78 is 5.35. The number of piperidine rings is 1. The maximum Gasteiger partial charge on any atom is 0.251 e. The van der Waals surface area contributed by atoms with Crippen molar-refractivity contribution in [2.75, 3.05) is 26.3 Å². The zero-order chi connectivity index (χ0) is 18.5. The summed E-state index contributed by atoms with van der Waals surface area (Å²) in [4.78, 5) is 27.0. The molecule has 0 spiro atoms. The first-order chi connectivity index (χ1) is 12.6. The number of carbonyl (C=O) groups is 2. The Morgan fingerprint density at radius 2 is 1.81 bits per heavy atom. The van der Waals surface area contributed by atoms with Crippen molar-refractivity contribution in [3.05, 3.63) is 35.4 Å². The van der Waals surface area contributed by atoms with Crippen molar-refractivity contribution in [3.63, 3.8) is 0 Å². The van der Waals surface area contributed by atoms with Crippen LogP contribution in [0.1, 0.15) is 41.6 Å². The fraction of sp³-hybridized carbons (Fsp3) is 0.600. The van der Waals surface area contributed by atoms with Crippen molar-refractivity contribution >= 4 is 11.8 Å². The van der Waals surface area contributed by atoms with Crippen LogP contribution in [0.15, 0.2) is 24.3 Å². The van der Waals surface area contributed by atoms with Gasteiger partial charge in [-0.05, 0) is 50.2 Å². The summed E-state index contributed by atoms with van der Waals surface area (Å²) in [5.74, 6) is 0.224. The average molecular weight is 359 g/mol. The molecule has 0 saturated carbocycles. The van der Waals surface area contributed by atoms with Gasteiger partial charge in [-0.15, -0.1) is 0 Å². The number of aryl methyl sites for hydroxylation is 1. The van der Waals surface area contributed by atoms with Gasteiger partial charge in [0.25, 0.3) is 5.91 Å². The summed E-state index contributed by atoms with van der Waals surface area (Å²) in [5, 5.41) is 3.10. The van der Waals surface area contributed by atoms with E-state index in [4.69, 9.17) is 10.5 Å². The number of nitrogens with one attached hydrogen (secondary N) is 1. The van der Waals surface area contributed by atoms with Gasteiger partial charge in [-0.1, -0.05) is 18.2 Å². The van der Waals surface area contributed by atoms with Crippen molar-refractivity contribution in [3.8, 4) is 0 Å². The maximum absolute atomic E-state index is 12.7. The molecule has 2 amide bonds. The van der Waals surface area contributed by atoms with Gasteiger partial charge in [0.05, 0.1) is 6.04 Å². The molecule has 0 bridgehead atoms.